The summed E-state index contributed by atoms with van der Waals surface area (Å²) in [7, 11) is 0. The molecule has 1 unspecified atom stereocenters. The van der Waals surface area contributed by atoms with Crippen LogP contribution in [-0.4, -0.2) is 0 Å². The second-order valence-electron chi connectivity index (χ2n) is 3.67. The Morgan fingerprint density at radius 1 is 1.17 bits per heavy atom. The number of fused-ring (bicyclic) bond motifs is 1. The molecule has 62 valence electrons. The lowest BCUT2D eigenvalue weighted by Crippen LogP contribution is -2.24. The highest BCUT2D eigenvalue weighted by Crippen LogP contribution is 2.13. The Morgan fingerprint density at radius 3 is 2.58 bits per heavy atom. The molecule has 1 aromatic carbocycles. The van der Waals surface area contributed by atoms with Gasteiger partial charge in [0.1, 0.15) is 0 Å². The van der Waals surface area contributed by atoms with Gasteiger partial charge in [0, 0.05) is 0 Å². The van der Waals surface area contributed by atoms with Crippen molar-refractivity contribution in [3.8, 4) is 0 Å². The first-order valence-corrected chi connectivity index (χ1v) is 4.48. The van der Waals surface area contributed by atoms with Crippen molar-refractivity contribution in [3.05, 3.63) is 34.2 Å². The van der Waals surface area contributed by atoms with E-state index >= 15 is 0 Å². The van der Waals surface area contributed by atoms with E-state index in [-0.39, 0.29) is 0 Å². The highest BCUT2D eigenvalue weighted by molar-refractivity contribution is 5.61. The highest BCUT2D eigenvalue weighted by atomic mass is 14.1. The molecule has 12 heavy (non-hydrogen) atoms. The van der Waals surface area contributed by atoms with Crippen LogP contribution in [0.5, 0.6) is 0 Å². The second-order valence-corrected chi connectivity index (χ2v) is 3.67. The maximum absolute atomic E-state index is 2.36. The Hall–Kier alpha value is -1.04. The molecule has 0 radical (unpaired) electrons. The standard InChI is InChI=1S/C12H14/c1-8-5-4-6-11-10(3)9(2)7-12(8)11/h4-7,9H,1-3H3. The summed E-state index contributed by atoms with van der Waals surface area (Å²) in [6.45, 7) is 6.67. The lowest BCUT2D eigenvalue weighted by Gasteiger charge is -1.98. The minimum Gasteiger partial charge on any atom is -0.0695 e. The summed E-state index contributed by atoms with van der Waals surface area (Å²) in [5.41, 5.74) is 2.91. The molecule has 1 atom stereocenters. The van der Waals surface area contributed by atoms with E-state index in [2.05, 4.69) is 45.0 Å². The fourth-order valence-electron chi connectivity index (χ4n) is 1.87. The second kappa shape index (κ2) is 2.48. The van der Waals surface area contributed by atoms with E-state index in [1.165, 1.54) is 21.6 Å². The fraction of sp³-hybridized carbons (Fsp3) is 0.333. The summed E-state index contributed by atoms with van der Waals surface area (Å²) >= 11 is 0. The van der Waals surface area contributed by atoms with Crippen LogP contribution >= 0.6 is 0 Å². The smallest absolute Gasteiger partial charge is 0.00359 e. The van der Waals surface area contributed by atoms with Crippen LogP contribution in [0, 0.1) is 12.8 Å². The predicted molar refractivity (Wildman–Crippen MR) is 53.1 cm³/mol. The highest BCUT2D eigenvalue weighted by Gasteiger charge is 2.08. The van der Waals surface area contributed by atoms with E-state index in [0.717, 1.165) is 0 Å². The van der Waals surface area contributed by atoms with Gasteiger partial charge in [0.05, 0.1) is 0 Å². The fourth-order valence-corrected chi connectivity index (χ4v) is 1.87. The average Bonchev–Trinajstić information content (AvgIpc) is 2.32. The van der Waals surface area contributed by atoms with Crippen LogP contribution in [-0.2, 0) is 0 Å². The zero-order valence-electron chi connectivity index (χ0n) is 7.89. The normalized spacial score (nSPS) is 20.6. The Morgan fingerprint density at radius 2 is 1.92 bits per heavy atom. The first kappa shape index (κ1) is 7.60. The molecular formula is C12H14. The minimum atomic E-state index is 0.626. The van der Waals surface area contributed by atoms with Gasteiger partial charge in [-0.15, -0.1) is 0 Å². The van der Waals surface area contributed by atoms with Crippen LogP contribution < -0.4 is 10.4 Å². The summed E-state index contributed by atoms with van der Waals surface area (Å²) in [5.74, 6) is 0.626. The molecule has 0 saturated carbocycles. The number of hydrogen-bond donors (Lipinski definition) is 0. The molecule has 0 heteroatoms. The molecule has 1 aliphatic rings. The molecule has 1 aliphatic carbocycles. The Labute approximate surface area is 73.2 Å². The van der Waals surface area contributed by atoms with Crippen LogP contribution in [0.15, 0.2) is 18.2 Å². The Balaban J connectivity index is 2.93. The number of benzene rings is 1. The molecule has 2 rings (SSSR count). The van der Waals surface area contributed by atoms with Crippen molar-refractivity contribution >= 4 is 11.6 Å². The topological polar surface area (TPSA) is 0 Å². The molecule has 0 saturated heterocycles. The van der Waals surface area contributed by atoms with Crippen LogP contribution in [0.25, 0.3) is 11.6 Å². The van der Waals surface area contributed by atoms with Gasteiger partial charge in [-0.3, -0.25) is 0 Å². The van der Waals surface area contributed by atoms with Crippen molar-refractivity contribution in [2.45, 2.75) is 20.8 Å². The van der Waals surface area contributed by atoms with E-state index in [1.54, 1.807) is 0 Å². The summed E-state index contributed by atoms with van der Waals surface area (Å²) in [4.78, 5) is 0. The van der Waals surface area contributed by atoms with Crippen molar-refractivity contribution < 1.29 is 0 Å². The van der Waals surface area contributed by atoms with E-state index in [0.29, 0.717) is 5.92 Å². The van der Waals surface area contributed by atoms with Gasteiger partial charge in [-0.25, -0.2) is 0 Å². The molecule has 0 heterocycles. The van der Waals surface area contributed by atoms with E-state index in [1.807, 2.05) is 0 Å². The van der Waals surface area contributed by atoms with Crippen molar-refractivity contribution in [2.75, 3.05) is 0 Å². The molecule has 0 spiro atoms. The lowest BCUT2D eigenvalue weighted by molar-refractivity contribution is 1.02. The van der Waals surface area contributed by atoms with Gasteiger partial charge in [-0.05, 0) is 35.8 Å². The first-order valence-electron chi connectivity index (χ1n) is 4.48. The molecule has 0 fully saturated rings. The largest absolute Gasteiger partial charge is 0.0695 e. The third-order valence-corrected chi connectivity index (χ3v) is 2.85. The third-order valence-electron chi connectivity index (χ3n) is 2.85. The molecular weight excluding hydrogens is 144 g/mol. The molecule has 0 aliphatic heterocycles. The van der Waals surface area contributed by atoms with Gasteiger partial charge >= 0.3 is 0 Å². The Kier molecular flexibility index (Phi) is 1.57. The zero-order chi connectivity index (χ0) is 8.72. The van der Waals surface area contributed by atoms with E-state index < -0.39 is 0 Å². The van der Waals surface area contributed by atoms with Gasteiger partial charge in [0.25, 0.3) is 0 Å². The van der Waals surface area contributed by atoms with Crippen molar-refractivity contribution in [3.63, 3.8) is 0 Å². The maximum atomic E-state index is 2.36. The van der Waals surface area contributed by atoms with E-state index in [4.69, 9.17) is 0 Å². The molecule has 0 N–H and O–H groups in total. The summed E-state index contributed by atoms with van der Waals surface area (Å²) < 4.78 is 0. The molecule has 0 nitrogen and oxygen atoms in total. The summed E-state index contributed by atoms with van der Waals surface area (Å²) in [6, 6.07) is 6.54. The van der Waals surface area contributed by atoms with Crippen molar-refractivity contribution in [1.82, 2.24) is 0 Å². The molecule has 0 bridgehead atoms. The van der Waals surface area contributed by atoms with Crippen molar-refractivity contribution in [2.24, 2.45) is 5.92 Å². The zero-order valence-corrected chi connectivity index (χ0v) is 7.89. The van der Waals surface area contributed by atoms with Crippen LogP contribution in [0.4, 0.5) is 0 Å². The average molecular weight is 158 g/mol. The quantitative estimate of drug-likeness (QED) is 0.538. The van der Waals surface area contributed by atoms with Crippen LogP contribution in [0.1, 0.15) is 19.4 Å². The van der Waals surface area contributed by atoms with Gasteiger partial charge in [-0.2, -0.15) is 0 Å². The molecule has 0 aromatic heterocycles. The SMILES string of the molecule is CC1=c2cccc(C)c2=CC1C. The lowest BCUT2D eigenvalue weighted by atomic mass is 10.1. The van der Waals surface area contributed by atoms with Gasteiger partial charge in [0.2, 0.25) is 0 Å². The number of aryl methyl sites for hydroxylation is 1. The summed E-state index contributed by atoms with van der Waals surface area (Å²) in [5, 5.41) is 2.89. The Bertz CT molecular complexity index is 424. The first-order chi connectivity index (χ1) is 5.70. The van der Waals surface area contributed by atoms with Gasteiger partial charge < -0.3 is 0 Å². The van der Waals surface area contributed by atoms with Gasteiger partial charge in [-0.1, -0.05) is 36.8 Å². The monoisotopic (exact) mass is 158 g/mol. The minimum absolute atomic E-state index is 0.626. The predicted octanol–water partition coefficient (Wildman–Crippen LogP) is 1.60. The third kappa shape index (κ3) is 0.911. The summed E-state index contributed by atoms with van der Waals surface area (Å²) in [6.07, 6.45) is 2.36. The number of hydrogen-bond acceptors (Lipinski definition) is 0. The van der Waals surface area contributed by atoms with E-state index in [9.17, 15) is 0 Å². The molecule has 1 aromatic rings. The van der Waals surface area contributed by atoms with Crippen LogP contribution in [0.2, 0.25) is 0 Å². The van der Waals surface area contributed by atoms with Crippen molar-refractivity contribution in [1.29, 1.82) is 0 Å². The number of rotatable bonds is 0. The maximum Gasteiger partial charge on any atom is -0.00359 e. The molecule has 0 amide bonds. The van der Waals surface area contributed by atoms with Gasteiger partial charge in [0.15, 0.2) is 0 Å². The van der Waals surface area contributed by atoms with Crippen LogP contribution in [0.3, 0.4) is 0 Å².